The summed E-state index contributed by atoms with van der Waals surface area (Å²) in [5.74, 6) is 4.36. The predicted molar refractivity (Wildman–Crippen MR) is 125 cm³/mol. The standard InChI is InChI=1S/C23H29NO4S2/c1-3-11-27-20-10-5-17(14-21(20)26-2)15-24-22(25)16-28-19-8-6-18(7-9-19)23-29-12-4-13-30-23/h5-10,14,23H,3-4,11-13,15-16H2,1-2H3,(H,24,25). The molecule has 0 aliphatic carbocycles. The Bertz CT molecular complexity index is 807. The first-order chi connectivity index (χ1) is 14.7. The summed E-state index contributed by atoms with van der Waals surface area (Å²) in [4.78, 5) is 12.2. The van der Waals surface area contributed by atoms with E-state index >= 15 is 0 Å². The van der Waals surface area contributed by atoms with Crippen molar-refractivity contribution in [2.24, 2.45) is 0 Å². The first kappa shape index (κ1) is 22.7. The summed E-state index contributed by atoms with van der Waals surface area (Å²) in [7, 11) is 1.61. The number of hydrogen-bond acceptors (Lipinski definition) is 6. The summed E-state index contributed by atoms with van der Waals surface area (Å²) in [6.45, 7) is 3.09. The van der Waals surface area contributed by atoms with Gasteiger partial charge in [-0.15, -0.1) is 23.5 Å². The molecule has 3 rings (SSSR count). The second-order valence-corrected chi connectivity index (χ2v) is 9.62. The number of benzene rings is 2. The molecule has 2 aromatic carbocycles. The second-order valence-electron chi connectivity index (χ2n) is 6.90. The highest BCUT2D eigenvalue weighted by Gasteiger charge is 2.16. The smallest absolute Gasteiger partial charge is 0.258 e. The van der Waals surface area contributed by atoms with Crippen LogP contribution in [-0.4, -0.2) is 37.7 Å². The van der Waals surface area contributed by atoms with Crippen molar-refractivity contribution in [3.63, 3.8) is 0 Å². The molecule has 0 aromatic heterocycles. The summed E-state index contributed by atoms with van der Waals surface area (Å²) in [6.07, 6.45) is 2.22. The lowest BCUT2D eigenvalue weighted by molar-refractivity contribution is -0.123. The number of carbonyl (C=O) groups is 1. The first-order valence-corrected chi connectivity index (χ1v) is 12.3. The van der Waals surface area contributed by atoms with Crippen LogP contribution in [0.25, 0.3) is 0 Å². The normalized spacial score (nSPS) is 14.2. The molecule has 0 bridgehead atoms. The number of rotatable bonds is 10. The molecule has 0 unspecified atom stereocenters. The van der Waals surface area contributed by atoms with Crippen molar-refractivity contribution in [2.45, 2.75) is 30.9 Å². The van der Waals surface area contributed by atoms with Crippen molar-refractivity contribution in [1.82, 2.24) is 5.32 Å². The number of methoxy groups -OCH3 is 1. The maximum Gasteiger partial charge on any atom is 0.258 e. The van der Waals surface area contributed by atoms with Gasteiger partial charge in [-0.2, -0.15) is 0 Å². The highest BCUT2D eigenvalue weighted by Crippen LogP contribution is 2.43. The average molecular weight is 448 g/mol. The van der Waals surface area contributed by atoms with Crippen LogP contribution in [0.4, 0.5) is 0 Å². The molecule has 1 aliphatic heterocycles. The van der Waals surface area contributed by atoms with Gasteiger partial charge in [0.15, 0.2) is 18.1 Å². The minimum atomic E-state index is -0.164. The molecule has 1 heterocycles. The van der Waals surface area contributed by atoms with Gasteiger partial charge in [-0.3, -0.25) is 4.79 Å². The third-order valence-electron chi connectivity index (χ3n) is 4.53. The first-order valence-electron chi connectivity index (χ1n) is 10.2. The summed E-state index contributed by atoms with van der Waals surface area (Å²) < 4.78 is 17.2. The molecule has 0 spiro atoms. The number of nitrogens with one attached hydrogen (secondary N) is 1. The van der Waals surface area contributed by atoms with Gasteiger partial charge in [0.2, 0.25) is 0 Å². The minimum Gasteiger partial charge on any atom is -0.493 e. The van der Waals surface area contributed by atoms with Crippen molar-refractivity contribution < 1.29 is 19.0 Å². The molecule has 1 N–H and O–H groups in total. The van der Waals surface area contributed by atoms with Crippen molar-refractivity contribution in [2.75, 3.05) is 31.8 Å². The van der Waals surface area contributed by atoms with Crippen molar-refractivity contribution >= 4 is 29.4 Å². The minimum absolute atomic E-state index is 0.0128. The topological polar surface area (TPSA) is 56.8 Å². The van der Waals surface area contributed by atoms with Crippen LogP contribution in [0.2, 0.25) is 0 Å². The van der Waals surface area contributed by atoms with Gasteiger partial charge >= 0.3 is 0 Å². The zero-order valence-electron chi connectivity index (χ0n) is 17.5. The Balaban J connectivity index is 1.44. The van der Waals surface area contributed by atoms with E-state index < -0.39 is 0 Å². The van der Waals surface area contributed by atoms with Crippen LogP contribution >= 0.6 is 23.5 Å². The molecule has 0 saturated carbocycles. The maximum absolute atomic E-state index is 12.2. The van der Waals surface area contributed by atoms with E-state index in [1.165, 1.54) is 23.5 Å². The quantitative estimate of drug-likeness (QED) is 0.550. The fraction of sp³-hybridized carbons (Fsp3) is 0.435. The van der Waals surface area contributed by atoms with Crippen LogP contribution < -0.4 is 19.5 Å². The van der Waals surface area contributed by atoms with Crippen LogP contribution in [0, 0.1) is 0 Å². The van der Waals surface area contributed by atoms with Crippen LogP contribution in [0.5, 0.6) is 17.2 Å². The number of thioether (sulfide) groups is 2. The summed E-state index contributed by atoms with van der Waals surface area (Å²) in [5, 5.41) is 2.88. The Morgan fingerprint density at radius 1 is 1.07 bits per heavy atom. The number of ether oxygens (including phenoxy) is 3. The zero-order valence-corrected chi connectivity index (χ0v) is 19.2. The molecule has 0 atom stereocenters. The molecule has 1 saturated heterocycles. The summed E-state index contributed by atoms with van der Waals surface area (Å²) in [5.41, 5.74) is 2.25. The van der Waals surface area contributed by atoms with E-state index in [2.05, 4.69) is 24.4 Å². The summed E-state index contributed by atoms with van der Waals surface area (Å²) in [6, 6.07) is 13.8. The van der Waals surface area contributed by atoms with E-state index in [0.717, 1.165) is 12.0 Å². The van der Waals surface area contributed by atoms with E-state index in [9.17, 15) is 4.79 Å². The van der Waals surface area contributed by atoms with Gasteiger partial charge in [0.1, 0.15) is 5.75 Å². The van der Waals surface area contributed by atoms with Gasteiger partial charge in [-0.05, 0) is 59.7 Å². The van der Waals surface area contributed by atoms with E-state index in [-0.39, 0.29) is 12.5 Å². The fourth-order valence-corrected chi connectivity index (χ4v) is 5.85. The molecule has 1 aliphatic rings. The third-order valence-corrected chi connectivity index (χ3v) is 7.54. The van der Waals surface area contributed by atoms with Crippen LogP contribution in [0.3, 0.4) is 0 Å². The van der Waals surface area contributed by atoms with Crippen LogP contribution in [-0.2, 0) is 11.3 Å². The number of carbonyl (C=O) groups excluding carboxylic acids is 1. The highest BCUT2D eigenvalue weighted by atomic mass is 32.2. The molecule has 1 amide bonds. The molecular formula is C23H29NO4S2. The molecular weight excluding hydrogens is 418 g/mol. The molecule has 162 valence electrons. The van der Waals surface area contributed by atoms with Gasteiger partial charge < -0.3 is 19.5 Å². The van der Waals surface area contributed by atoms with E-state index in [1.54, 1.807) is 7.11 Å². The lowest BCUT2D eigenvalue weighted by Gasteiger charge is -2.21. The monoisotopic (exact) mass is 447 g/mol. The molecule has 1 fully saturated rings. The lowest BCUT2D eigenvalue weighted by atomic mass is 10.2. The molecule has 30 heavy (non-hydrogen) atoms. The van der Waals surface area contributed by atoms with Gasteiger partial charge in [-0.1, -0.05) is 25.1 Å². The van der Waals surface area contributed by atoms with E-state index in [1.807, 2.05) is 53.9 Å². The Morgan fingerprint density at radius 3 is 2.53 bits per heavy atom. The largest absolute Gasteiger partial charge is 0.493 e. The second kappa shape index (κ2) is 12.0. The predicted octanol–water partition coefficient (Wildman–Crippen LogP) is 5.05. The van der Waals surface area contributed by atoms with Crippen molar-refractivity contribution in [3.8, 4) is 17.2 Å². The fourth-order valence-electron chi connectivity index (χ4n) is 2.96. The number of hydrogen-bond donors (Lipinski definition) is 1. The highest BCUT2D eigenvalue weighted by molar-refractivity contribution is 8.16. The maximum atomic E-state index is 12.2. The summed E-state index contributed by atoms with van der Waals surface area (Å²) >= 11 is 3.99. The van der Waals surface area contributed by atoms with E-state index in [0.29, 0.717) is 35.0 Å². The average Bonchev–Trinajstić information content (AvgIpc) is 2.81. The van der Waals surface area contributed by atoms with Gasteiger partial charge in [0, 0.05) is 6.54 Å². The van der Waals surface area contributed by atoms with Gasteiger partial charge in [-0.25, -0.2) is 0 Å². The Hall–Kier alpha value is -1.99. The molecule has 5 nitrogen and oxygen atoms in total. The number of amides is 1. The van der Waals surface area contributed by atoms with Crippen LogP contribution in [0.15, 0.2) is 42.5 Å². The zero-order chi connectivity index (χ0) is 21.2. The van der Waals surface area contributed by atoms with Crippen molar-refractivity contribution in [1.29, 1.82) is 0 Å². The SMILES string of the molecule is CCCOc1ccc(CNC(=O)COc2ccc(C3SCCCS3)cc2)cc1OC. The van der Waals surface area contributed by atoms with Crippen molar-refractivity contribution in [3.05, 3.63) is 53.6 Å². The Morgan fingerprint density at radius 2 is 1.83 bits per heavy atom. The molecule has 0 radical (unpaired) electrons. The van der Waals surface area contributed by atoms with Gasteiger partial charge in [0.25, 0.3) is 5.91 Å². The van der Waals surface area contributed by atoms with Gasteiger partial charge in [0.05, 0.1) is 18.3 Å². The Labute approximate surface area is 187 Å². The molecule has 7 heteroatoms. The van der Waals surface area contributed by atoms with Crippen LogP contribution in [0.1, 0.15) is 35.5 Å². The third kappa shape index (κ3) is 6.77. The Kier molecular flexibility index (Phi) is 9.08. The molecule has 2 aromatic rings. The lowest BCUT2D eigenvalue weighted by Crippen LogP contribution is -2.28. The van der Waals surface area contributed by atoms with E-state index in [4.69, 9.17) is 14.2 Å².